The van der Waals surface area contributed by atoms with Crippen LogP contribution in [-0.2, 0) is 44.8 Å². The molecule has 2 heterocycles. The zero-order valence-electron chi connectivity index (χ0n) is 34.0. The van der Waals surface area contributed by atoms with Crippen molar-refractivity contribution >= 4 is 68.9 Å². The van der Waals surface area contributed by atoms with Crippen molar-refractivity contribution in [1.82, 2.24) is 40.9 Å². The van der Waals surface area contributed by atoms with Crippen LogP contribution in [0, 0.1) is 5.92 Å². The molecule has 0 spiro atoms. The first-order valence-corrected chi connectivity index (χ1v) is 21.9. The fraction of sp³-hybridized carbons (Fsp3) is 0.421. The number of phenols is 1. The minimum atomic E-state index is -1.72. The van der Waals surface area contributed by atoms with E-state index in [2.05, 4.69) is 31.7 Å². The number of primary amides is 2. The van der Waals surface area contributed by atoms with E-state index in [0.717, 1.165) is 30.8 Å². The van der Waals surface area contributed by atoms with Gasteiger partial charge in [-0.1, -0.05) is 66.1 Å². The van der Waals surface area contributed by atoms with Crippen LogP contribution >= 0.6 is 21.6 Å². The summed E-state index contributed by atoms with van der Waals surface area (Å²) in [6.45, 7) is 3.32. The number of carboxylic acids is 1. The molecular weight excluding hydrogens is 867 g/mol. The molecule has 14 N–H and O–H groups in total. The van der Waals surface area contributed by atoms with Gasteiger partial charge in [-0.2, -0.15) is 4.68 Å². The van der Waals surface area contributed by atoms with Crippen molar-refractivity contribution in [2.24, 2.45) is 23.1 Å². The Kier molecular flexibility index (Phi) is 17.5. The number of para-hydroxylation sites is 1. The number of hydrogen-bond donors (Lipinski definition) is 11. The lowest BCUT2D eigenvalue weighted by molar-refractivity contribution is -0.141. The number of H-pyrrole nitrogens is 1. The average molecular weight is 916 g/mol. The third-order valence-electron chi connectivity index (χ3n) is 9.82. The van der Waals surface area contributed by atoms with E-state index in [1.165, 1.54) is 30.3 Å². The molecule has 63 heavy (non-hydrogen) atoms. The van der Waals surface area contributed by atoms with E-state index in [0.29, 0.717) is 0 Å². The summed E-state index contributed by atoms with van der Waals surface area (Å²) in [5, 5.41) is 35.2. The maximum absolute atomic E-state index is 14.3. The zero-order chi connectivity index (χ0) is 46.5. The number of phenolic OH excluding ortho intramolecular Hbond substituents is 1. The van der Waals surface area contributed by atoms with Crippen LogP contribution in [-0.4, -0.2) is 120 Å². The molecule has 1 saturated heterocycles. The van der Waals surface area contributed by atoms with Gasteiger partial charge in [0.2, 0.25) is 41.4 Å². The highest BCUT2D eigenvalue weighted by Gasteiger charge is 2.35. The van der Waals surface area contributed by atoms with Gasteiger partial charge in [-0.3, -0.25) is 33.6 Å². The Bertz CT molecular complexity index is 2320. The van der Waals surface area contributed by atoms with Crippen molar-refractivity contribution in [3.8, 4) is 17.1 Å². The van der Waals surface area contributed by atoms with E-state index in [1.54, 1.807) is 32.0 Å². The first-order chi connectivity index (χ1) is 29.8. The number of nitrogens with two attached hydrogens (primary N) is 3. The highest BCUT2D eigenvalue weighted by molar-refractivity contribution is 8.76. The fourth-order valence-electron chi connectivity index (χ4n) is 6.16. The highest BCUT2D eigenvalue weighted by atomic mass is 33.1. The Hall–Kier alpha value is -6.60. The molecular formula is C38H49N11O12S2. The standard InChI is InChI=1S/C38H49N11O12S2/c1-3-18(2)30-35(57)42-22(10-12-28(40)51)32(54)44-24(15-29(41)52)33(55)45-25(36(58)59)17-63-62-16-21(39)31(53)43-23(34(56)46-30)13-19-9-11-27(50)26(14-19)49-38(61)48(37(60)47-49)20-7-5-4-6-8-20/h4-9,11,14,18,21-25,30,50H,3,10,12-13,15-17,39H2,1-2H3,(H2,40,51)(H2,41,52)(H,42,57)(H,43,53)(H,44,54)(H,45,55)(H,46,56)(H,47,60)(H,58,59). The second-order valence-corrected chi connectivity index (χ2v) is 17.1. The van der Waals surface area contributed by atoms with Gasteiger partial charge in [-0.15, -0.1) is 0 Å². The first-order valence-electron chi connectivity index (χ1n) is 19.4. The number of carbonyl (C=O) groups is 8. The maximum atomic E-state index is 14.3. The Morgan fingerprint density at radius 3 is 2.05 bits per heavy atom. The van der Waals surface area contributed by atoms with Crippen molar-refractivity contribution < 1.29 is 48.6 Å². The highest BCUT2D eigenvalue weighted by Crippen LogP contribution is 2.24. The third-order valence-corrected chi connectivity index (χ3v) is 12.3. The van der Waals surface area contributed by atoms with E-state index in [-0.39, 0.29) is 41.3 Å². The average Bonchev–Trinajstić information content (AvgIpc) is 3.53. The van der Waals surface area contributed by atoms with Crippen molar-refractivity contribution in [3.63, 3.8) is 0 Å². The Morgan fingerprint density at radius 1 is 0.794 bits per heavy atom. The molecule has 7 unspecified atom stereocenters. The van der Waals surface area contributed by atoms with Crippen LogP contribution in [0.4, 0.5) is 0 Å². The number of aliphatic carboxylic acids is 1. The predicted octanol–water partition coefficient (Wildman–Crippen LogP) is -3.02. The number of benzene rings is 2. The van der Waals surface area contributed by atoms with Crippen LogP contribution in [0.5, 0.6) is 5.75 Å². The van der Waals surface area contributed by atoms with Crippen LogP contribution in [0.15, 0.2) is 58.1 Å². The number of aromatic hydroxyl groups is 1. The molecule has 1 aliphatic heterocycles. The minimum Gasteiger partial charge on any atom is -0.506 e. The predicted molar refractivity (Wildman–Crippen MR) is 229 cm³/mol. The van der Waals surface area contributed by atoms with Gasteiger partial charge in [0.05, 0.1) is 18.2 Å². The van der Waals surface area contributed by atoms with Gasteiger partial charge in [0, 0.05) is 24.3 Å². The van der Waals surface area contributed by atoms with Crippen molar-refractivity contribution in [3.05, 3.63) is 75.1 Å². The summed E-state index contributed by atoms with van der Waals surface area (Å²) in [5.41, 5.74) is 15.5. The lowest BCUT2D eigenvalue weighted by atomic mass is 9.96. The van der Waals surface area contributed by atoms with E-state index in [1.807, 2.05) is 0 Å². The molecule has 1 aromatic heterocycles. The molecule has 1 fully saturated rings. The summed E-state index contributed by atoms with van der Waals surface area (Å²) in [4.78, 5) is 131. The number of nitrogens with one attached hydrogen (secondary N) is 6. The Balaban J connectivity index is 1.75. The second-order valence-electron chi connectivity index (χ2n) is 14.5. The summed E-state index contributed by atoms with van der Waals surface area (Å²) < 4.78 is 1.64. The molecule has 2 aromatic carbocycles. The molecule has 1 aliphatic rings. The van der Waals surface area contributed by atoms with Crippen molar-refractivity contribution in [2.75, 3.05) is 11.5 Å². The number of carbonyl (C=O) groups excluding carboxylic acids is 7. The van der Waals surface area contributed by atoms with Crippen molar-refractivity contribution in [2.45, 2.75) is 82.2 Å². The summed E-state index contributed by atoms with van der Waals surface area (Å²) in [5.74, 6) is -9.76. The lowest BCUT2D eigenvalue weighted by Crippen LogP contribution is -2.61. The van der Waals surface area contributed by atoms with Crippen LogP contribution in [0.25, 0.3) is 11.4 Å². The van der Waals surface area contributed by atoms with E-state index < -0.39 is 126 Å². The third kappa shape index (κ3) is 13.4. The molecule has 0 bridgehead atoms. The van der Waals surface area contributed by atoms with E-state index >= 15 is 0 Å². The molecule has 0 aliphatic carbocycles. The lowest BCUT2D eigenvalue weighted by Gasteiger charge is -2.29. The topological polar surface area (TPSA) is 375 Å². The number of hydrogen-bond acceptors (Lipinski definition) is 14. The fourth-order valence-corrected chi connectivity index (χ4v) is 8.44. The summed E-state index contributed by atoms with van der Waals surface area (Å²) >= 11 is 0. The van der Waals surface area contributed by atoms with Gasteiger partial charge in [0.25, 0.3) is 0 Å². The SMILES string of the molecule is CCC(C)C1NC(=O)C(Cc2ccc(O)c(-n3[nH]c(=O)n(-c4ccccc4)c3=O)c2)NC(=O)C(N)CSSCC(C(=O)O)NC(=O)C(CC(N)=O)NC(=O)C(CCC(N)=O)NC1=O. The Labute approximate surface area is 366 Å². The Morgan fingerprint density at radius 2 is 1.41 bits per heavy atom. The number of aromatic nitrogens is 3. The van der Waals surface area contributed by atoms with Gasteiger partial charge < -0.3 is 54.0 Å². The van der Waals surface area contributed by atoms with Crippen LogP contribution in [0.3, 0.4) is 0 Å². The molecule has 7 amide bonds. The van der Waals surface area contributed by atoms with Crippen LogP contribution < -0.4 is 55.2 Å². The second kappa shape index (κ2) is 22.5. The summed E-state index contributed by atoms with van der Waals surface area (Å²) in [7, 11) is 1.88. The molecule has 4 rings (SSSR count). The minimum absolute atomic E-state index is 0.131. The molecule has 25 heteroatoms. The smallest absolute Gasteiger partial charge is 0.356 e. The van der Waals surface area contributed by atoms with E-state index in [9.17, 15) is 58.2 Å². The number of amides is 7. The van der Waals surface area contributed by atoms with Crippen LogP contribution in [0.1, 0.15) is 45.1 Å². The number of nitrogens with zero attached hydrogens (tertiary/aromatic N) is 2. The maximum Gasteiger partial charge on any atom is 0.356 e. The summed E-state index contributed by atoms with van der Waals surface area (Å²) in [6, 6.07) is 2.78. The van der Waals surface area contributed by atoms with Crippen molar-refractivity contribution in [1.29, 1.82) is 0 Å². The number of carboxylic acid groups (broad SMARTS) is 1. The quantitative estimate of drug-likeness (QED) is 0.0806. The van der Waals surface area contributed by atoms with Gasteiger partial charge in [0.15, 0.2) is 0 Å². The van der Waals surface area contributed by atoms with Gasteiger partial charge in [-0.25, -0.2) is 24.0 Å². The zero-order valence-corrected chi connectivity index (χ0v) is 35.7. The summed E-state index contributed by atoms with van der Waals surface area (Å²) in [6.07, 6.45) is -1.68. The molecule has 0 radical (unpaired) electrons. The molecule has 23 nitrogen and oxygen atoms in total. The number of rotatable bonds is 12. The largest absolute Gasteiger partial charge is 0.506 e. The molecule has 340 valence electrons. The number of aromatic amines is 1. The first kappa shape index (κ1) is 49.1. The monoisotopic (exact) mass is 915 g/mol. The molecule has 3 aromatic rings. The van der Waals surface area contributed by atoms with Crippen LogP contribution in [0.2, 0.25) is 0 Å². The molecule has 0 saturated carbocycles. The van der Waals surface area contributed by atoms with Gasteiger partial charge >= 0.3 is 17.3 Å². The van der Waals surface area contributed by atoms with Gasteiger partial charge in [0.1, 0.15) is 41.6 Å². The van der Waals surface area contributed by atoms with Gasteiger partial charge in [-0.05, 0) is 42.2 Å². The normalized spacial score (nSPS) is 22.6. The van der Waals surface area contributed by atoms with E-state index in [4.69, 9.17) is 17.2 Å². The molecule has 7 atom stereocenters.